The number of aryl methyl sites for hydroxylation is 1. The Morgan fingerprint density at radius 3 is 2.76 bits per heavy atom. The van der Waals surface area contributed by atoms with E-state index < -0.39 is 11.6 Å². The minimum atomic E-state index is -0.584. The summed E-state index contributed by atoms with van der Waals surface area (Å²) in [6.45, 7) is 1.66. The number of benzene rings is 1. The predicted octanol–water partition coefficient (Wildman–Crippen LogP) is 1.47. The maximum atomic E-state index is 12.1. The van der Waals surface area contributed by atoms with Crippen molar-refractivity contribution in [1.82, 2.24) is 5.32 Å². The second-order valence-electron chi connectivity index (χ2n) is 6.03. The summed E-state index contributed by atoms with van der Waals surface area (Å²) in [5.74, 6) is -0.244. The van der Waals surface area contributed by atoms with Crippen LogP contribution in [0.15, 0.2) is 27.4 Å². The van der Waals surface area contributed by atoms with E-state index in [0.717, 1.165) is 12.8 Å². The zero-order valence-electron chi connectivity index (χ0n) is 14.1. The smallest absolute Gasteiger partial charge is 0.340 e. The Morgan fingerprint density at radius 2 is 2.08 bits per heavy atom. The summed E-state index contributed by atoms with van der Waals surface area (Å²) in [5.41, 5.74) is 0.696. The van der Waals surface area contributed by atoms with Gasteiger partial charge < -0.3 is 19.2 Å². The molecule has 0 saturated heterocycles. The Balaban J connectivity index is 1.80. The molecule has 1 fully saturated rings. The van der Waals surface area contributed by atoms with E-state index in [2.05, 4.69) is 10.1 Å². The van der Waals surface area contributed by atoms with Crippen molar-refractivity contribution >= 4 is 22.8 Å². The third kappa shape index (κ3) is 3.99. The maximum absolute atomic E-state index is 12.1. The van der Waals surface area contributed by atoms with Crippen molar-refractivity contribution in [3.8, 4) is 5.75 Å². The Labute approximate surface area is 143 Å². The third-order valence-corrected chi connectivity index (χ3v) is 4.12. The first-order valence-electron chi connectivity index (χ1n) is 8.03. The summed E-state index contributed by atoms with van der Waals surface area (Å²) in [4.78, 5) is 35.2. The summed E-state index contributed by atoms with van der Waals surface area (Å²) >= 11 is 0. The molecule has 7 nitrogen and oxygen atoms in total. The molecule has 0 aliphatic heterocycles. The van der Waals surface area contributed by atoms with Gasteiger partial charge in [-0.15, -0.1) is 0 Å². The van der Waals surface area contributed by atoms with Gasteiger partial charge in [-0.3, -0.25) is 9.59 Å². The van der Waals surface area contributed by atoms with Crippen LogP contribution in [0.3, 0.4) is 0 Å². The highest BCUT2D eigenvalue weighted by molar-refractivity contribution is 5.84. The van der Waals surface area contributed by atoms with Crippen LogP contribution in [0.4, 0.5) is 0 Å². The summed E-state index contributed by atoms with van der Waals surface area (Å²) in [6.07, 6.45) is 1.89. The second-order valence-corrected chi connectivity index (χ2v) is 6.03. The normalized spacial score (nSPS) is 13.5. The first-order valence-corrected chi connectivity index (χ1v) is 8.03. The van der Waals surface area contributed by atoms with Crippen LogP contribution in [0.1, 0.15) is 24.0 Å². The number of rotatable bonds is 6. The van der Waals surface area contributed by atoms with Gasteiger partial charge in [0.25, 0.3) is 5.91 Å². The van der Waals surface area contributed by atoms with E-state index in [1.807, 2.05) is 0 Å². The van der Waals surface area contributed by atoms with E-state index >= 15 is 0 Å². The van der Waals surface area contributed by atoms with Gasteiger partial charge in [0.1, 0.15) is 11.3 Å². The molecule has 3 rings (SSSR count). The van der Waals surface area contributed by atoms with Crippen LogP contribution >= 0.6 is 0 Å². The number of amides is 1. The Kier molecular flexibility index (Phi) is 4.74. The van der Waals surface area contributed by atoms with Crippen LogP contribution in [-0.2, 0) is 20.7 Å². The van der Waals surface area contributed by atoms with Gasteiger partial charge in [-0.05, 0) is 37.5 Å². The Morgan fingerprint density at radius 1 is 1.32 bits per heavy atom. The summed E-state index contributed by atoms with van der Waals surface area (Å²) < 4.78 is 15.3. The zero-order valence-corrected chi connectivity index (χ0v) is 14.1. The lowest BCUT2D eigenvalue weighted by atomic mass is 10.0. The van der Waals surface area contributed by atoms with Crippen LogP contribution in [0.2, 0.25) is 0 Å². The van der Waals surface area contributed by atoms with Crippen molar-refractivity contribution in [2.45, 2.75) is 32.2 Å². The molecule has 7 heteroatoms. The highest BCUT2D eigenvalue weighted by Crippen LogP contribution is 2.24. The van der Waals surface area contributed by atoms with Gasteiger partial charge in [-0.25, -0.2) is 4.79 Å². The average Bonchev–Trinajstić information content (AvgIpc) is 3.40. The van der Waals surface area contributed by atoms with Crippen molar-refractivity contribution in [2.75, 3.05) is 13.7 Å². The van der Waals surface area contributed by atoms with Gasteiger partial charge in [0.05, 0.1) is 19.1 Å². The number of esters is 1. The van der Waals surface area contributed by atoms with Crippen LogP contribution in [0.5, 0.6) is 5.75 Å². The molecule has 25 heavy (non-hydrogen) atoms. The molecule has 1 amide bonds. The predicted molar refractivity (Wildman–Crippen MR) is 89.6 cm³/mol. The van der Waals surface area contributed by atoms with E-state index in [4.69, 9.17) is 9.15 Å². The number of carbonyl (C=O) groups is 2. The van der Waals surface area contributed by atoms with Crippen molar-refractivity contribution in [3.63, 3.8) is 0 Å². The van der Waals surface area contributed by atoms with Crippen LogP contribution < -0.4 is 15.7 Å². The van der Waals surface area contributed by atoms with Crippen LogP contribution in [-0.4, -0.2) is 31.6 Å². The number of methoxy groups -OCH3 is 1. The highest BCUT2D eigenvalue weighted by atomic mass is 16.5. The fraction of sp³-hybridized carbons (Fsp3) is 0.389. The molecule has 1 saturated carbocycles. The molecule has 0 unspecified atom stereocenters. The minimum Gasteiger partial charge on any atom is -0.484 e. The Hall–Kier alpha value is -2.83. The van der Waals surface area contributed by atoms with Gasteiger partial charge in [0, 0.05) is 17.5 Å². The summed E-state index contributed by atoms with van der Waals surface area (Å²) in [5, 5.41) is 3.53. The molecule has 0 bridgehead atoms. The number of hydrogen-bond donors (Lipinski definition) is 1. The van der Waals surface area contributed by atoms with E-state index in [9.17, 15) is 14.4 Å². The van der Waals surface area contributed by atoms with Gasteiger partial charge in [-0.2, -0.15) is 0 Å². The molecule has 132 valence electrons. The lowest BCUT2D eigenvalue weighted by Gasteiger charge is -2.10. The average molecular weight is 345 g/mol. The molecular weight excluding hydrogens is 326 g/mol. The number of ether oxygens (including phenoxy) is 2. The monoisotopic (exact) mass is 345 g/mol. The number of nitrogens with one attached hydrogen (secondary N) is 1. The first kappa shape index (κ1) is 17.0. The van der Waals surface area contributed by atoms with Gasteiger partial charge in [0.15, 0.2) is 6.61 Å². The largest absolute Gasteiger partial charge is 0.484 e. The summed E-state index contributed by atoms with van der Waals surface area (Å²) in [7, 11) is 1.27. The molecule has 1 aromatic heterocycles. The molecular formula is C18H19NO6. The van der Waals surface area contributed by atoms with Gasteiger partial charge in [0.2, 0.25) is 0 Å². The molecule has 1 heterocycles. The van der Waals surface area contributed by atoms with Crippen LogP contribution in [0, 0.1) is 6.92 Å². The molecule has 0 atom stereocenters. The first-order chi connectivity index (χ1) is 12.0. The quantitative estimate of drug-likeness (QED) is 0.629. The van der Waals surface area contributed by atoms with Crippen LogP contribution in [0.25, 0.3) is 11.0 Å². The fourth-order valence-corrected chi connectivity index (χ4v) is 2.53. The number of carbonyl (C=O) groups excluding carboxylic acids is 2. The standard InChI is InChI=1S/C18H19NO6/c1-10-13-6-5-12(24-9-16(20)19-11-3-4-11)7-15(13)25-18(22)14(10)8-17(21)23-2/h5-7,11H,3-4,8-9H2,1-2H3,(H,19,20). The molecule has 2 aromatic rings. The van der Waals surface area contributed by atoms with E-state index in [-0.39, 0.29) is 30.5 Å². The molecule has 0 spiro atoms. The number of hydrogen-bond acceptors (Lipinski definition) is 6. The molecule has 1 aliphatic rings. The summed E-state index contributed by atoms with van der Waals surface area (Å²) in [6, 6.07) is 5.28. The van der Waals surface area contributed by atoms with Crippen molar-refractivity contribution in [3.05, 3.63) is 39.7 Å². The van der Waals surface area contributed by atoms with E-state index in [1.54, 1.807) is 25.1 Å². The fourth-order valence-electron chi connectivity index (χ4n) is 2.53. The van der Waals surface area contributed by atoms with Gasteiger partial charge in [-0.1, -0.05) is 0 Å². The van der Waals surface area contributed by atoms with Crippen molar-refractivity contribution in [2.24, 2.45) is 0 Å². The highest BCUT2D eigenvalue weighted by Gasteiger charge is 2.23. The minimum absolute atomic E-state index is 0.0916. The molecule has 0 radical (unpaired) electrons. The zero-order chi connectivity index (χ0) is 18.0. The maximum Gasteiger partial charge on any atom is 0.340 e. The van der Waals surface area contributed by atoms with Crippen molar-refractivity contribution < 1.29 is 23.5 Å². The topological polar surface area (TPSA) is 94.8 Å². The Bertz CT molecular complexity index is 881. The SMILES string of the molecule is COC(=O)Cc1c(C)c2ccc(OCC(=O)NC3CC3)cc2oc1=O. The second kappa shape index (κ2) is 6.96. The molecule has 1 N–H and O–H groups in total. The van der Waals surface area contributed by atoms with Gasteiger partial charge >= 0.3 is 11.6 Å². The van der Waals surface area contributed by atoms with E-state index in [1.165, 1.54) is 7.11 Å². The number of fused-ring (bicyclic) bond motifs is 1. The van der Waals surface area contributed by atoms with E-state index in [0.29, 0.717) is 22.3 Å². The lowest BCUT2D eigenvalue weighted by Crippen LogP contribution is -2.30. The third-order valence-electron chi connectivity index (χ3n) is 4.12. The van der Waals surface area contributed by atoms with Crippen molar-refractivity contribution in [1.29, 1.82) is 0 Å². The lowest BCUT2D eigenvalue weighted by molar-refractivity contribution is -0.139. The molecule has 1 aliphatic carbocycles. The molecule has 1 aromatic carbocycles.